The average molecular weight is 267 g/mol. The first-order chi connectivity index (χ1) is 8.74. The van der Waals surface area contributed by atoms with Gasteiger partial charge in [0, 0.05) is 13.0 Å². The zero-order valence-electron chi connectivity index (χ0n) is 10.5. The van der Waals surface area contributed by atoms with E-state index in [4.69, 9.17) is 9.47 Å². The molecule has 2 aliphatic rings. The predicted octanol–water partition coefficient (Wildman–Crippen LogP) is 1.90. The van der Waals surface area contributed by atoms with E-state index in [1.807, 2.05) is 16.3 Å². The van der Waals surface area contributed by atoms with Gasteiger partial charge in [-0.05, 0) is 23.4 Å². The maximum Gasteiger partial charge on any atom is 0.264 e. The monoisotopic (exact) mass is 267 g/mol. The van der Waals surface area contributed by atoms with Crippen LogP contribution in [0.3, 0.4) is 0 Å². The van der Waals surface area contributed by atoms with Gasteiger partial charge in [-0.3, -0.25) is 4.79 Å². The van der Waals surface area contributed by atoms with E-state index < -0.39 is 5.79 Å². The Morgan fingerprint density at radius 2 is 2.28 bits per heavy atom. The zero-order valence-corrected chi connectivity index (χ0v) is 11.3. The molecule has 0 N–H and O–H groups in total. The minimum absolute atomic E-state index is 0.123. The molecular formula is C13H17NO3S. The van der Waals surface area contributed by atoms with Crippen molar-refractivity contribution in [2.75, 3.05) is 26.3 Å². The zero-order chi connectivity index (χ0) is 12.6. The number of carbonyl (C=O) groups is 1. The van der Waals surface area contributed by atoms with Crippen molar-refractivity contribution in [3.05, 3.63) is 21.9 Å². The van der Waals surface area contributed by atoms with Crippen molar-refractivity contribution in [1.29, 1.82) is 0 Å². The summed E-state index contributed by atoms with van der Waals surface area (Å²) in [5, 5.41) is 1.99. The third-order valence-electron chi connectivity index (χ3n) is 3.62. The summed E-state index contributed by atoms with van der Waals surface area (Å²) in [6.45, 7) is 4.64. The summed E-state index contributed by atoms with van der Waals surface area (Å²) in [6.07, 6.45) is 1.68. The lowest BCUT2D eigenvalue weighted by molar-refractivity contribution is -0.143. The lowest BCUT2D eigenvalue weighted by atomic mass is 10.2. The van der Waals surface area contributed by atoms with Gasteiger partial charge >= 0.3 is 0 Å². The molecule has 0 saturated carbocycles. The highest BCUT2D eigenvalue weighted by Gasteiger charge is 2.45. The molecule has 0 atom stereocenters. The molecule has 98 valence electrons. The van der Waals surface area contributed by atoms with E-state index in [1.54, 1.807) is 0 Å². The lowest BCUT2D eigenvalue weighted by Gasteiger charge is -2.22. The summed E-state index contributed by atoms with van der Waals surface area (Å²) in [7, 11) is 0. The van der Waals surface area contributed by atoms with Gasteiger partial charge in [-0.15, -0.1) is 11.3 Å². The molecule has 3 rings (SSSR count). The molecule has 2 saturated heterocycles. The van der Waals surface area contributed by atoms with Crippen LogP contribution in [-0.4, -0.2) is 42.9 Å². The van der Waals surface area contributed by atoms with Crippen molar-refractivity contribution >= 4 is 17.2 Å². The second-order valence-corrected chi connectivity index (χ2v) is 5.63. The van der Waals surface area contributed by atoms with Crippen molar-refractivity contribution in [2.45, 2.75) is 25.6 Å². The average Bonchev–Trinajstić information content (AvgIpc) is 3.11. The number of nitrogens with zero attached hydrogens (tertiary/aromatic N) is 1. The van der Waals surface area contributed by atoms with Crippen molar-refractivity contribution in [3.8, 4) is 0 Å². The smallest absolute Gasteiger partial charge is 0.264 e. The molecule has 0 radical (unpaired) electrons. The number of ether oxygens (including phenoxy) is 2. The Labute approximate surface area is 110 Å². The van der Waals surface area contributed by atoms with Crippen LogP contribution in [0.25, 0.3) is 0 Å². The minimum Gasteiger partial charge on any atom is -0.346 e. The topological polar surface area (TPSA) is 38.8 Å². The highest BCUT2D eigenvalue weighted by Crippen LogP contribution is 2.32. The van der Waals surface area contributed by atoms with E-state index in [0.29, 0.717) is 19.8 Å². The van der Waals surface area contributed by atoms with Crippen LogP contribution in [0.15, 0.2) is 11.4 Å². The molecule has 18 heavy (non-hydrogen) atoms. The van der Waals surface area contributed by atoms with Crippen LogP contribution in [0.1, 0.15) is 28.6 Å². The number of rotatable bonds is 2. The van der Waals surface area contributed by atoms with Gasteiger partial charge < -0.3 is 14.4 Å². The fraction of sp³-hybridized carbons (Fsp3) is 0.615. The molecular weight excluding hydrogens is 250 g/mol. The van der Waals surface area contributed by atoms with Crippen molar-refractivity contribution < 1.29 is 14.3 Å². The number of carbonyl (C=O) groups excluding carboxylic acids is 1. The van der Waals surface area contributed by atoms with Crippen molar-refractivity contribution in [3.63, 3.8) is 0 Å². The first-order valence-corrected chi connectivity index (χ1v) is 7.26. The summed E-state index contributed by atoms with van der Waals surface area (Å²) < 4.78 is 11.3. The fourth-order valence-corrected chi connectivity index (χ4v) is 3.57. The first kappa shape index (κ1) is 12.1. The van der Waals surface area contributed by atoms with Crippen LogP contribution >= 0.6 is 11.3 Å². The molecule has 1 spiro atoms. The number of hydrogen-bond acceptors (Lipinski definition) is 4. The molecule has 0 aliphatic carbocycles. The Morgan fingerprint density at radius 3 is 3.00 bits per heavy atom. The van der Waals surface area contributed by atoms with Gasteiger partial charge in [0.15, 0.2) is 5.79 Å². The van der Waals surface area contributed by atoms with Crippen LogP contribution in [0, 0.1) is 0 Å². The second-order valence-electron chi connectivity index (χ2n) is 4.71. The summed E-state index contributed by atoms with van der Waals surface area (Å²) in [4.78, 5) is 15.2. The summed E-state index contributed by atoms with van der Waals surface area (Å²) in [6, 6.07) is 2.03. The van der Waals surface area contributed by atoms with E-state index in [9.17, 15) is 4.79 Å². The SMILES string of the molecule is CCc1ccsc1C(=O)N1CCC2(C1)OCCO2. The molecule has 1 aromatic rings. The van der Waals surface area contributed by atoms with Gasteiger partial charge in [-0.25, -0.2) is 0 Å². The molecule has 1 amide bonds. The highest BCUT2D eigenvalue weighted by molar-refractivity contribution is 7.12. The Bertz CT molecular complexity index is 451. The summed E-state index contributed by atoms with van der Waals surface area (Å²) in [5.74, 6) is -0.392. The van der Waals surface area contributed by atoms with Crippen LogP contribution in [0.5, 0.6) is 0 Å². The van der Waals surface area contributed by atoms with Crippen LogP contribution in [0.4, 0.5) is 0 Å². The maximum absolute atomic E-state index is 12.5. The van der Waals surface area contributed by atoms with Gasteiger partial charge in [0.25, 0.3) is 5.91 Å². The van der Waals surface area contributed by atoms with Gasteiger partial charge in [-0.2, -0.15) is 0 Å². The highest BCUT2D eigenvalue weighted by atomic mass is 32.1. The molecule has 5 heteroatoms. The molecule has 3 heterocycles. The third-order valence-corrected chi connectivity index (χ3v) is 4.56. The van der Waals surface area contributed by atoms with E-state index in [0.717, 1.165) is 29.8 Å². The van der Waals surface area contributed by atoms with E-state index in [2.05, 4.69) is 6.92 Å². The molecule has 4 nitrogen and oxygen atoms in total. The van der Waals surface area contributed by atoms with Gasteiger partial charge in [0.1, 0.15) is 0 Å². The molecule has 0 unspecified atom stereocenters. The van der Waals surface area contributed by atoms with Crippen LogP contribution < -0.4 is 0 Å². The largest absolute Gasteiger partial charge is 0.346 e. The van der Waals surface area contributed by atoms with E-state index in [-0.39, 0.29) is 5.91 Å². The quantitative estimate of drug-likeness (QED) is 0.821. The van der Waals surface area contributed by atoms with Crippen molar-refractivity contribution in [2.24, 2.45) is 0 Å². The van der Waals surface area contributed by atoms with Crippen molar-refractivity contribution in [1.82, 2.24) is 4.90 Å². The van der Waals surface area contributed by atoms with E-state index in [1.165, 1.54) is 11.3 Å². The molecule has 0 bridgehead atoms. The van der Waals surface area contributed by atoms with Crippen LogP contribution in [-0.2, 0) is 15.9 Å². The summed E-state index contributed by atoms with van der Waals surface area (Å²) in [5.41, 5.74) is 1.14. The Kier molecular flexibility index (Phi) is 3.13. The second kappa shape index (κ2) is 4.64. The minimum atomic E-state index is -0.515. The van der Waals surface area contributed by atoms with Gasteiger partial charge in [-0.1, -0.05) is 6.92 Å². The predicted molar refractivity (Wildman–Crippen MR) is 68.9 cm³/mol. The number of hydrogen-bond donors (Lipinski definition) is 0. The number of thiophene rings is 1. The standard InChI is InChI=1S/C13H17NO3S/c1-2-10-3-8-18-11(10)12(15)14-5-4-13(9-14)16-6-7-17-13/h3,8H,2,4-7,9H2,1H3. The molecule has 2 fully saturated rings. The Hall–Kier alpha value is -0.910. The molecule has 2 aliphatic heterocycles. The Morgan fingerprint density at radius 1 is 1.50 bits per heavy atom. The van der Waals surface area contributed by atoms with Gasteiger partial charge in [0.2, 0.25) is 0 Å². The number of aryl methyl sites for hydroxylation is 1. The number of likely N-dealkylation sites (tertiary alicyclic amines) is 1. The lowest BCUT2D eigenvalue weighted by Crippen LogP contribution is -2.36. The van der Waals surface area contributed by atoms with Gasteiger partial charge in [0.05, 0.1) is 24.6 Å². The Balaban J connectivity index is 1.74. The third kappa shape index (κ3) is 1.96. The normalized spacial score (nSPS) is 21.9. The molecule has 0 aromatic carbocycles. The fourth-order valence-electron chi connectivity index (χ4n) is 2.61. The maximum atomic E-state index is 12.5. The first-order valence-electron chi connectivity index (χ1n) is 6.38. The van der Waals surface area contributed by atoms with E-state index >= 15 is 0 Å². The summed E-state index contributed by atoms with van der Waals surface area (Å²) >= 11 is 1.53. The number of amides is 1. The molecule has 1 aromatic heterocycles. The van der Waals surface area contributed by atoms with Crippen LogP contribution in [0.2, 0.25) is 0 Å².